The molecule has 0 aromatic heterocycles. The van der Waals surface area contributed by atoms with Gasteiger partial charge in [0.15, 0.2) is 49.4 Å². The maximum absolute atomic E-state index is 14.4. The van der Waals surface area contributed by atoms with E-state index in [2.05, 4.69) is 0 Å². The van der Waals surface area contributed by atoms with Gasteiger partial charge >= 0.3 is 53.7 Å². The Kier molecular flexibility index (Phi) is 22.5. The SMILES string of the molecule is CC(=O)OC[C@H]1O[C@H](O[C@H]2[C@@H](OC(=O)C(C)(C)C)[C@@H](COC(=O)C(C)(C)C)O[C@@H](O[C@H]3[C@H](OC(=O)C(C)(C)C)[C@@H](OC(=O)C(C)(C)C)C(O)O[C@@H]3COC(=O)C(C)(C)C)[C@@H]2OC(=O)C(C)(C)C)[C@H](OC(C)=O)C[C@H]1OC(C)=O. The molecule has 3 heterocycles. The van der Waals surface area contributed by atoms with Crippen molar-refractivity contribution in [3.05, 3.63) is 0 Å². The average molecular weight is 1120 g/mol. The van der Waals surface area contributed by atoms with Gasteiger partial charge in [-0.25, -0.2) is 0 Å². The molecule has 3 aliphatic rings. The minimum Gasteiger partial charge on any atom is -0.463 e. The Morgan fingerprint density at radius 2 is 0.705 bits per heavy atom. The molecule has 3 aliphatic heterocycles. The first kappa shape index (κ1) is 67.3. The number of hydrogen-bond donors (Lipinski definition) is 1. The summed E-state index contributed by atoms with van der Waals surface area (Å²) < 4.78 is 85.3. The molecule has 78 heavy (non-hydrogen) atoms. The van der Waals surface area contributed by atoms with Crippen LogP contribution in [0.2, 0.25) is 0 Å². The van der Waals surface area contributed by atoms with Gasteiger partial charge in [0.2, 0.25) is 0 Å². The molecule has 0 amide bonds. The summed E-state index contributed by atoms with van der Waals surface area (Å²) in [6, 6.07) is 0. The minimum absolute atomic E-state index is 0.337. The standard InChI is InChI=1S/C54H86O24/c1-26(55)65-23-31-29(68-27(2)56)22-30(69-28(3)57)41(71-31)74-37-35(75-45(61)51(10,11)12)33(25-67-44(60)50(7,8)9)72-42(39(37)78-48(64)54(19,20)21)73-34-32(24-66-43(59)49(4,5)6)70-40(58)38(77-47(63)53(16,17)18)36(34)76-46(62)52(13,14)15/h29-42,58H,22-25H2,1-21H3/t29-,30-,31-,32-,33-,34-,35+,36+,37+,38-,39-,40?,41-,42+/m1/s1. The smallest absolute Gasteiger partial charge is 0.311 e. The van der Waals surface area contributed by atoms with Gasteiger partial charge in [0, 0.05) is 27.2 Å². The molecule has 24 heteroatoms. The number of hydrogen-bond acceptors (Lipinski definition) is 24. The number of carbonyl (C=O) groups is 9. The van der Waals surface area contributed by atoms with E-state index in [0.29, 0.717) is 0 Å². The van der Waals surface area contributed by atoms with Crippen LogP contribution in [0.4, 0.5) is 0 Å². The van der Waals surface area contributed by atoms with Crippen molar-refractivity contribution in [2.45, 2.75) is 238 Å². The molecule has 0 bridgehead atoms. The van der Waals surface area contributed by atoms with Gasteiger partial charge in [-0.1, -0.05) is 0 Å². The van der Waals surface area contributed by atoms with Gasteiger partial charge in [0.25, 0.3) is 0 Å². The monoisotopic (exact) mass is 1120 g/mol. The molecule has 3 rings (SSSR count). The normalized spacial score (nSPS) is 29.2. The van der Waals surface area contributed by atoms with Crippen LogP contribution in [0.15, 0.2) is 0 Å². The fourth-order valence-electron chi connectivity index (χ4n) is 7.22. The topological polar surface area (TPSA) is 303 Å². The first-order valence-electron chi connectivity index (χ1n) is 25.9. The molecule has 24 nitrogen and oxygen atoms in total. The van der Waals surface area contributed by atoms with Crippen LogP contribution in [0, 0.1) is 32.5 Å². The summed E-state index contributed by atoms with van der Waals surface area (Å²) >= 11 is 0. The molecule has 3 saturated heterocycles. The quantitative estimate of drug-likeness (QED) is 0.161. The summed E-state index contributed by atoms with van der Waals surface area (Å²) in [7, 11) is 0. The Morgan fingerprint density at radius 1 is 0.359 bits per heavy atom. The highest BCUT2D eigenvalue weighted by atomic mass is 16.8. The zero-order valence-electron chi connectivity index (χ0n) is 49.2. The summed E-state index contributed by atoms with van der Waals surface area (Å²) in [6.07, 6.45) is -24.8. The van der Waals surface area contributed by atoms with Crippen molar-refractivity contribution in [3.8, 4) is 0 Å². The first-order valence-corrected chi connectivity index (χ1v) is 25.9. The van der Waals surface area contributed by atoms with Crippen LogP contribution in [0.3, 0.4) is 0 Å². The third-order valence-electron chi connectivity index (χ3n) is 11.8. The van der Waals surface area contributed by atoms with E-state index in [1.54, 1.807) is 41.5 Å². The summed E-state index contributed by atoms with van der Waals surface area (Å²) in [5, 5.41) is 11.7. The molecule has 0 aromatic carbocycles. The van der Waals surface area contributed by atoms with Gasteiger partial charge in [0.05, 0.1) is 32.5 Å². The Hall–Kier alpha value is -5.01. The number of aliphatic hydroxyl groups is 1. The van der Waals surface area contributed by atoms with Crippen LogP contribution in [-0.4, -0.2) is 165 Å². The lowest BCUT2D eigenvalue weighted by Crippen LogP contribution is -2.68. The fraction of sp³-hybridized carbons (Fsp3) is 0.833. The fourth-order valence-corrected chi connectivity index (χ4v) is 7.22. The Morgan fingerprint density at radius 3 is 1.12 bits per heavy atom. The van der Waals surface area contributed by atoms with Crippen LogP contribution in [0.1, 0.15) is 152 Å². The maximum Gasteiger partial charge on any atom is 0.311 e. The van der Waals surface area contributed by atoms with Gasteiger partial charge in [-0.2, -0.15) is 0 Å². The van der Waals surface area contributed by atoms with E-state index >= 15 is 0 Å². The van der Waals surface area contributed by atoms with Gasteiger partial charge in [-0.05, 0) is 125 Å². The highest BCUT2D eigenvalue weighted by Crippen LogP contribution is 2.40. The summed E-state index contributed by atoms with van der Waals surface area (Å²) in [5.74, 6) is -7.49. The number of ether oxygens (including phenoxy) is 14. The maximum atomic E-state index is 14.4. The lowest BCUT2D eigenvalue weighted by molar-refractivity contribution is -0.376. The summed E-state index contributed by atoms with van der Waals surface area (Å²) in [6.45, 7) is 29.1. The second-order valence-electron chi connectivity index (χ2n) is 25.9. The van der Waals surface area contributed by atoms with E-state index in [1.165, 1.54) is 83.1 Å². The van der Waals surface area contributed by atoms with Crippen LogP contribution >= 0.6 is 0 Å². The predicted molar refractivity (Wildman–Crippen MR) is 268 cm³/mol. The molecule has 14 atom stereocenters. The van der Waals surface area contributed by atoms with Crippen molar-refractivity contribution in [2.24, 2.45) is 32.5 Å². The molecule has 3 fully saturated rings. The van der Waals surface area contributed by atoms with Crippen LogP contribution in [0.25, 0.3) is 0 Å². The predicted octanol–water partition coefficient (Wildman–Crippen LogP) is 4.75. The van der Waals surface area contributed by atoms with Crippen molar-refractivity contribution < 1.29 is 115 Å². The van der Waals surface area contributed by atoms with Crippen LogP contribution in [0.5, 0.6) is 0 Å². The number of rotatable bonds is 16. The minimum atomic E-state index is -2.08. The van der Waals surface area contributed by atoms with Crippen molar-refractivity contribution in [1.29, 1.82) is 0 Å². The molecule has 446 valence electrons. The van der Waals surface area contributed by atoms with Gasteiger partial charge < -0.3 is 71.4 Å². The second kappa shape index (κ2) is 26.1. The molecular formula is C54H86O24. The number of esters is 9. The lowest BCUT2D eigenvalue weighted by Gasteiger charge is -2.50. The van der Waals surface area contributed by atoms with Crippen LogP contribution in [-0.2, 0) is 109 Å². The first-order chi connectivity index (χ1) is 35.3. The molecule has 0 radical (unpaired) electrons. The van der Waals surface area contributed by atoms with E-state index in [9.17, 15) is 48.3 Å². The number of carbonyl (C=O) groups excluding carboxylic acids is 9. The Bertz CT molecular complexity index is 2150. The molecule has 1 unspecified atom stereocenters. The van der Waals surface area contributed by atoms with E-state index in [-0.39, 0.29) is 6.42 Å². The summed E-state index contributed by atoms with van der Waals surface area (Å²) in [5.41, 5.74) is -7.29. The van der Waals surface area contributed by atoms with E-state index < -0.39 is 192 Å². The Balaban J connectivity index is 2.54. The number of aliphatic hydroxyl groups excluding tert-OH is 1. The van der Waals surface area contributed by atoms with Crippen LogP contribution < -0.4 is 0 Å². The van der Waals surface area contributed by atoms with Gasteiger partial charge in [0.1, 0.15) is 56.4 Å². The highest BCUT2D eigenvalue weighted by Gasteiger charge is 2.60. The average Bonchev–Trinajstić information content (AvgIpc) is 3.26. The van der Waals surface area contributed by atoms with Crippen molar-refractivity contribution in [3.63, 3.8) is 0 Å². The third-order valence-corrected chi connectivity index (χ3v) is 11.8. The van der Waals surface area contributed by atoms with Gasteiger partial charge in [-0.15, -0.1) is 0 Å². The zero-order valence-corrected chi connectivity index (χ0v) is 49.2. The van der Waals surface area contributed by atoms with E-state index in [1.807, 2.05) is 0 Å². The molecule has 0 aromatic rings. The zero-order chi connectivity index (χ0) is 60.0. The molecular weight excluding hydrogens is 1030 g/mol. The molecule has 1 N–H and O–H groups in total. The van der Waals surface area contributed by atoms with Crippen molar-refractivity contribution in [1.82, 2.24) is 0 Å². The lowest BCUT2D eigenvalue weighted by atomic mass is 9.92. The molecule has 0 aliphatic carbocycles. The van der Waals surface area contributed by atoms with E-state index in [0.717, 1.165) is 20.8 Å². The summed E-state index contributed by atoms with van der Waals surface area (Å²) in [4.78, 5) is 121. The second-order valence-corrected chi connectivity index (χ2v) is 25.9. The van der Waals surface area contributed by atoms with E-state index in [4.69, 9.17) is 66.3 Å². The van der Waals surface area contributed by atoms with Gasteiger partial charge in [-0.3, -0.25) is 43.2 Å². The Labute approximate surface area is 457 Å². The molecule has 0 saturated carbocycles. The highest BCUT2D eigenvalue weighted by molar-refractivity contribution is 5.78. The largest absolute Gasteiger partial charge is 0.463 e. The third kappa shape index (κ3) is 19.4. The van der Waals surface area contributed by atoms with Crippen molar-refractivity contribution in [2.75, 3.05) is 19.8 Å². The molecule has 0 spiro atoms. The van der Waals surface area contributed by atoms with Crippen molar-refractivity contribution >= 4 is 53.7 Å².